The van der Waals surface area contributed by atoms with E-state index in [1.165, 1.54) is 41.7 Å². The third-order valence-corrected chi connectivity index (χ3v) is 4.65. The van der Waals surface area contributed by atoms with E-state index in [1.54, 1.807) is 18.4 Å². The van der Waals surface area contributed by atoms with Gasteiger partial charge in [-0.05, 0) is 31.2 Å². The summed E-state index contributed by atoms with van der Waals surface area (Å²) in [6.45, 7) is 1.16. The van der Waals surface area contributed by atoms with Crippen molar-refractivity contribution in [3.8, 4) is 17.4 Å². The molecule has 0 bridgehead atoms. The summed E-state index contributed by atoms with van der Waals surface area (Å²) in [6.07, 6.45) is 0. The molecule has 0 aliphatic carbocycles. The van der Waals surface area contributed by atoms with Crippen LogP contribution in [0.25, 0.3) is 11.3 Å². The SMILES string of the molecule is Cc1csc(C(C#N)C(=O)COC(=O)c2ccc(-c3ccccc3F)o2)n1. The van der Waals surface area contributed by atoms with Crippen LogP contribution in [-0.2, 0) is 9.53 Å². The fourth-order valence-corrected chi connectivity index (χ4v) is 3.18. The van der Waals surface area contributed by atoms with Crippen molar-refractivity contribution in [2.24, 2.45) is 0 Å². The molecule has 3 aromatic rings. The first-order valence-corrected chi connectivity index (χ1v) is 8.73. The number of rotatable bonds is 6. The van der Waals surface area contributed by atoms with Crippen LogP contribution in [-0.4, -0.2) is 23.3 Å². The second-order valence-corrected chi connectivity index (χ2v) is 6.47. The van der Waals surface area contributed by atoms with Crippen LogP contribution in [0.4, 0.5) is 4.39 Å². The topological polar surface area (TPSA) is 93.2 Å². The van der Waals surface area contributed by atoms with Gasteiger partial charge in [-0.2, -0.15) is 5.26 Å². The second-order valence-electron chi connectivity index (χ2n) is 5.58. The molecule has 1 unspecified atom stereocenters. The Bertz CT molecular complexity index is 1030. The van der Waals surface area contributed by atoms with Crippen LogP contribution in [0, 0.1) is 24.1 Å². The number of furan rings is 1. The number of nitrogens with zero attached hydrogens (tertiary/aromatic N) is 2. The highest BCUT2D eigenvalue weighted by atomic mass is 32.1. The number of esters is 1. The lowest BCUT2D eigenvalue weighted by Crippen LogP contribution is -2.19. The van der Waals surface area contributed by atoms with Gasteiger partial charge in [0.2, 0.25) is 5.76 Å². The fourth-order valence-electron chi connectivity index (χ4n) is 2.31. The number of carbonyl (C=O) groups excluding carboxylic acids is 2. The molecular formula is C19H13FN2O4S. The molecule has 6 nitrogen and oxygen atoms in total. The number of Topliss-reactive ketones (excluding diaryl/α,β-unsaturated/α-hetero) is 1. The lowest BCUT2D eigenvalue weighted by Gasteiger charge is -2.05. The summed E-state index contributed by atoms with van der Waals surface area (Å²) in [5, 5.41) is 11.3. The van der Waals surface area contributed by atoms with Gasteiger partial charge in [-0.1, -0.05) is 12.1 Å². The number of thiazole rings is 1. The number of carbonyl (C=O) groups is 2. The van der Waals surface area contributed by atoms with E-state index in [9.17, 15) is 19.2 Å². The second kappa shape index (κ2) is 7.93. The van der Waals surface area contributed by atoms with Crippen LogP contribution in [0.5, 0.6) is 0 Å². The molecule has 0 spiro atoms. The molecule has 3 rings (SSSR count). The van der Waals surface area contributed by atoms with E-state index < -0.39 is 30.1 Å². The molecule has 27 heavy (non-hydrogen) atoms. The minimum atomic E-state index is -1.10. The van der Waals surface area contributed by atoms with Crippen molar-refractivity contribution in [2.75, 3.05) is 6.61 Å². The molecule has 0 fully saturated rings. The molecule has 0 aliphatic rings. The molecule has 0 aliphatic heterocycles. The molecule has 0 saturated heterocycles. The van der Waals surface area contributed by atoms with E-state index in [4.69, 9.17) is 9.15 Å². The van der Waals surface area contributed by atoms with Crippen LogP contribution < -0.4 is 0 Å². The fraction of sp³-hybridized carbons (Fsp3) is 0.158. The number of halogens is 1. The van der Waals surface area contributed by atoms with Gasteiger partial charge in [0.05, 0.1) is 11.6 Å². The van der Waals surface area contributed by atoms with Gasteiger partial charge in [-0.25, -0.2) is 14.2 Å². The smallest absolute Gasteiger partial charge is 0.374 e. The number of hydrogen-bond donors (Lipinski definition) is 0. The van der Waals surface area contributed by atoms with Crippen molar-refractivity contribution in [3.63, 3.8) is 0 Å². The predicted octanol–water partition coefficient (Wildman–Crippen LogP) is 3.88. The van der Waals surface area contributed by atoms with Gasteiger partial charge in [-0.3, -0.25) is 4.79 Å². The van der Waals surface area contributed by atoms with Crippen molar-refractivity contribution >= 4 is 23.1 Å². The number of hydrogen-bond acceptors (Lipinski definition) is 7. The van der Waals surface area contributed by atoms with E-state index in [1.807, 2.05) is 6.07 Å². The molecule has 1 aromatic carbocycles. The summed E-state index contributed by atoms with van der Waals surface area (Å²) >= 11 is 1.19. The average Bonchev–Trinajstić information content (AvgIpc) is 3.30. The normalized spacial score (nSPS) is 11.6. The van der Waals surface area contributed by atoms with Crippen LogP contribution in [0.2, 0.25) is 0 Å². The summed E-state index contributed by atoms with van der Waals surface area (Å²) in [7, 11) is 0. The lowest BCUT2D eigenvalue weighted by atomic mass is 10.1. The van der Waals surface area contributed by atoms with Gasteiger partial charge < -0.3 is 9.15 Å². The number of aryl methyl sites for hydroxylation is 1. The maximum absolute atomic E-state index is 13.8. The quantitative estimate of drug-likeness (QED) is 0.599. The average molecular weight is 384 g/mol. The Kier molecular flexibility index (Phi) is 5.43. The van der Waals surface area contributed by atoms with E-state index in [0.29, 0.717) is 10.7 Å². The van der Waals surface area contributed by atoms with Crippen LogP contribution in [0.3, 0.4) is 0 Å². The largest absolute Gasteiger partial charge is 0.452 e. The Morgan fingerprint density at radius 1 is 1.33 bits per heavy atom. The molecule has 2 aromatic heterocycles. The number of ether oxygens (including phenoxy) is 1. The lowest BCUT2D eigenvalue weighted by molar-refractivity contribution is -0.122. The summed E-state index contributed by atoms with van der Waals surface area (Å²) in [6, 6.07) is 10.6. The molecule has 0 amide bonds. The van der Waals surface area contributed by atoms with Gasteiger partial charge in [-0.15, -0.1) is 11.3 Å². The van der Waals surface area contributed by atoms with Crippen molar-refractivity contribution in [3.05, 3.63) is 64.1 Å². The standard InChI is InChI=1S/C19H13FN2O4S/c1-11-10-27-18(22-11)13(8-21)15(23)9-25-19(24)17-7-6-16(26-17)12-4-2-3-5-14(12)20/h2-7,10,13H,9H2,1H3. The van der Waals surface area contributed by atoms with Crippen LogP contribution >= 0.6 is 11.3 Å². The molecular weight excluding hydrogens is 371 g/mol. The Morgan fingerprint density at radius 2 is 2.11 bits per heavy atom. The maximum Gasteiger partial charge on any atom is 0.374 e. The number of aromatic nitrogens is 1. The summed E-state index contributed by atoms with van der Waals surface area (Å²) in [5.41, 5.74) is 0.910. The monoisotopic (exact) mass is 384 g/mol. The maximum atomic E-state index is 13.8. The van der Waals surface area contributed by atoms with Gasteiger partial charge >= 0.3 is 5.97 Å². The first kappa shape index (κ1) is 18.5. The highest BCUT2D eigenvalue weighted by molar-refractivity contribution is 7.09. The Balaban J connectivity index is 1.65. The van der Waals surface area contributed by atoms with Crippen molar-refractivity contribution in [1.29, 1.82) is 5.26 Å². The zero-order valence-electron chi connectivity index (χ0n) is 14.1. The van der Waals surface area contributed by atoms with E-state index in [2.05, 4.69) is 4.98 Å². The van der Waals surface area contributed by atoms with E-state index >= 15 is 0 Å². The predicted molar refractivity (Wildman–Crippen MR) is 94.6 cm³/mol. The first-order chi connectivity index (χ1) is 13.0. The molecule has 136 valence electrons. The molecule has 1 atom stereocenters. The third-order valence-electron chi connectivity index (χ3n) is 3.63. The van der Waals surface area contributed by atoms with Crippen molar-refractivity contribution in [2.45, 2.75) is 12.8 Å². The minimum Gasteiger partial charge on any atom is -0.452 e. The Labute approximate surface area is 157 Å². The number of ketones is 1. The number of nitriles is 1. The van der Waals surface area contributed by atoms with Gasteiger partial charge in [0.1, 0.15) is 16.6 Å². The van der Waals surface area contributed by atoms with Gasteiger partial charge in [0, 0.05) is 11.1 Å². The van der Waals surface area contributed by atoms with E-state index in [0.717, 1.165) is 0 Å². The molecule has 8 heteroatoms. The van der Waals surface area contributed by atoms with Gasteiger partial charge in [0.25, 0.3) is 0 Å². The molecule has 2 heterocycles. The Hall–Kier alpha value is -3.31. The molecule has 0 radical (unpaired) electrons. The highest BCUT2D eigenvalue weighted by Crippen LogP contribution is 2.25. The Morgan fingerprint density at radius 3 is 2.78 bits per heavy atom. The summed E-state index contributed by atoms with van der Waals surface area (Å²) in [5.74, 6) is -3.04. The van der Waals surface area contributed by atoms with Crippen molar-refractivity contribution in [1.82, 2.24) is 4.98 Å². The highest BCUT2D eigenvalue weighted by Gasteiger charge is 2.25. The van der Waals surface area contributed by atoms with E-state index in [-0.39, 0.29) is 17.1 Å². The zero-order valence-corrected chi connectivity index (χ0v) is 15.0. The minimum absolute atomic E-state index is 0.166. The zero-order chi connectivity index (χ0) is 19.4. The molecule has 0 N–H and O–H groups in total. The van der Waals surface area contributed by atoms with Crippen LogP contribution in [0.15, 0.2) is 46.2 Å². The van der Waals surface area contributed by atoms with Crippen LogP contribution in [0.1, 0.15) is 27.2 Å². The molecule has 0 saturated carbocycles. The summed E-state index contributed by atoms with van der Waals surface area (Å²) in [4.78, 5) is 28.4. The third kappa shape index (κ3) is 4.10. The van der Waals surface area contributed by atoms with Crippen molar-refractivity contribution < 1.29 is 23.1 Å². The van der Waals surface area contributed by atoms with Gasteiger partial charge in [0.15, 0.2) is 18.3 Å². The first-order valence-electron chi connectivity index (χ1n) is 7.86. The summed E-state index contributed by atoms with van der Waals surface area (Å²) < 4.78 is 24.0. The number of benzene rings is 1.